The average Bonchev–Trinajstić information content (AvgIpc) is 3.14. The second-order valence-corrected chi connectivity index (χ2v) is 7.64. The Morgan fingerprint density at radius 1 is 1.17 bits per heavy atom. The summed E-state index contributed by atoms with van der Waals surface area (Å²) in [6.07, 6.45) is 9.52. The summed E-state index contributed by atoms with van der Waals surface area (Å²) < 4.78 is 26.1. The topological polar surface area (TPSA) is 118 Å². The van der Waals surface area contributed by atoms with Crippen molar-refractivity contribution in [2.45, 2.75) is 32.1 Å². The van der Waals surface area contributed by atoms with Crippen LogP contribution in [0.4, 0.5) is 14.6 Å². The highest BCUT2D eigenvalue weighted by atomic mass is 19.1. The molecule has 0 saturated heterocycles. The van der Waals surface area contributed by atoms with Crippen LogP contribution in [0.5, 0.6) is 0 Å². The number of nitrogen functional groups attached to an aromatic ring is 1. The summed E-state index contributed by atoms with van der Waals surface area (Å²) in [7, 11) is 0. The maximum atomic E-state index is 13.2. The van der Waals surface area contributed by atoms with Crippen LogP contribution in [-0.2, 0) is 4.79 Å². The average molecular weight is 401 g/mol. The number of hydrogen-bond donors (Lipinski definition) is 3. The number of pyridine rings is 1. The molecule has 3 heterocycles. The first-order chi connectivity index (χ1) is 13.9. The maximum Gasteiger partial charge on any atom is 0.306 e. The zero-order valence-electron chi connectivity index (χ0n) is 15.6. The van der Waals surface area contributed by atoms with Crippen LogP contribution >= 0.6 is 0 Å². The number of carbonyl (C=O) groups is 1. The minimum absolute atomic E-state index is 0.00231. The molecule has 3 fully saturated rings. The van der Waals surface area contributed by atoms with Crippen LogP contribution in [0.2, 0.25) is 0 Å². The number of carboxylic acid groups (broad SMARTS) is 1. The molecule has 3 aromatic heterocycles. The van der Waals surface area contributed by atoms with Crippen molar-refractivity contribution in [2.24, 2.45) is 17.8 Å². The molecule has 7 nitrogen and oxygen atoms in total. The van der Waals surface area contributed by atoms with Gasteiger partial charge < -0.3 is 15.8 Å². The molecule has 29 heavy (non-hydrogen) atoms. The summed E-state index contributed by atoms with van der Waals surface area (Å²) in [5.41, 5.74) is 6.39. The number of aromatic amines is 1. The molecule has 6 rings (SSSR count). The van der Waals surface area contributed by atoms with Crippen LogP contribution in [0, 0.1) is 29.4 Å². The van der Waals surface area contributed by atoms with E-state index in [4.69, 9.17) is 10.8 Å². The van der Waals surface area contributed by atoms with Gasteiger partial charge in [0.2, 0.25) is 0 Å². The number of aromatic nitrogens is 4. The Bertz CT molecular complexity index is 1050. The molecule has 3 aliphatic rings. The van der Waals surface area contributed by atoms with Gasteiger partial charge in [0.25, 0.3) is 0 Å². The zero-order valence-corrected chi connectivity index (χ0v) is 15.6. The number of H-pyrrole nitrogens is 1. The summed E-state index contributed by atoms with van der Waals surface area (Å²) >= 11 is 0. The lowest BCUT2D eigenvalue weighted by molar-refractivity contribution is -0.147. The summed E-state index contributed by atoms with van der Waals surface area (Å²) in [4.78, 5) is 25.1. The Labute approximate surface area is 165 Å². The molecule has 0 radical (unpaired) electrons. The first-order valence-corrected chi connectivity index (χ1v) is 9.56. The Hall–Kier alpha value is -3.10. The number of anilines is 1. The Morgan fingerprint density at radius 2 is 1.93 bits per heavy atom. The van der Waals surface area contributed by atoms with Gasteiger partial charge in [-0.25, -0.2) is 23.7 Å². The lowest BCUT2D eigenvalue weighted by Gasteiger charge is -2.40. The minimum Gasteiger partial charge on any atom is -0.481 e. The highest BCUT2D eigenvalue weighted by molar-refractivity contribution is 5.91. The summed E-state index contributed by atoms with van der Waals surface area (Å²) in [5, 5.41) is 9.38. The van der Waals surface area contributed by atoms with Crippen molar-refractivity contribution in [3.8, 4) is 11.4 Å². The molecule has 2 bridgehead atoms. The maximum absolute atomic E-state index is 13.2. The van der Waals surface area contributed by atoms with E-state index < -0.39 is 17.6 Å². The fraction of sp³-hybridized carbons (Fsp3) is 0.400. The van der Waals surface area contributed by atoms with Gasteiger partial charge in [0.1, 0.15) is 11.5 Å². The summed E-state index contributed by atoms with van der Waals surface area (Å²) in [6.45, 7) is 0. The predicted molar refractivity (Wildman–Crippen MR) is 103 cm³/mol. The van der Waals surface area contributed by atoms with Crippen molar-refractivity contribution in [2.75, 3.05) is 5.73 Å². The zero-order chi connectivity index (χ0) is 20.5. The second-order valence-electron chi connectivity index (χ2n) is 7.64. The van der Waals surface area contributed by atoms with Crippen LogP contribution in [-0.4, -0.2) is 31.0 Å². The van der Waals surface area contributed by atoms with Crippen molar-refractivity contribution in [1.82, 2.24) is 19.9 Å². The molecule has 0 unspecified atom stereocenters. The third-order valence-electron chi connectivity index (χ3n) is 5.87. The van der Waals surface area contributed by atoms with Crippen molar-refractivity contribution >= 4 is 22.8 Å². The van der Waals surface area contributed by atoms with E-state index in [2.05, 4.69) is 19.9 Å². The Morgan fingerprint density at radius 3 is 2.52 bits per heavy atom. The third-order valence-corrected chi connectivity index (χ3v) is 5.87. The summed E-state index contributed by atoms with van der Waals surface area (Å²) in [6, 6.07) is 1.30. The number of nitrogens with one attached hydrogen (secondary N) is 1. The van der Waals surface area contributed by atoms with Gasteiger partial charge in [-0.3, -0.25) is 4.79 Å². The van der Waals surface area contributed by atoms with Gasteiger partial charge in [0.15, 0.2) is 17.5 Å². The van der Waals surface area contributed by atoms with E-state index in [9.17, 15) is 13.6 Å². The highest BCUT2D eigenvalue weighted by Gasteiger charge is 2.39. The van der Waals surface area contributed by atoms with Crippen LogP contribution in [0.3, 0.4) is 0 Å². The smallest absolute Gasteiger partial charge is 0.306 e. The van der Waals surface area contributed by atoms with E-state index in [1.807, 2.05) is 0 Å². The van der Waals surface area contributed by atoms with Crippen molar-refractivity contribution in [3.05, 3.63) is 36.3 Å². The van der Waals surface area contributed by atoms with Crippen molar-refractivity contribution in [3.63, 3.8) is 0 Å². The first kappa shape index (κ1) is 19.2. The highest BCUT2D eigenvalue weighted by Crippen LogP contribution is 2.44. The Kier molecular flexibility index (Phi) is 5.12. The molecule has 0 aliphatic heterocycles. The molecule has 3 aromatic rings. The van der Waals surface area contributed by atoms with E-state index in [0.29, 0.717) is 22.5 Å². The fourth-order valence-electron chi connectivity index (χ4n) is 4.35. The fourth-order valence-corrected chi connectivity index (χ4v) is 4.35. The molecule has 1 atom stereocenters. The first-order valence-electron chi connectivity index (χ1n) is 9.56. The molecular formula is C20H21F2N5O2. The lowest BCUT2D eigenvalue weighted by atomic mass is 9.65. The molecule has 9 heteroatoms. The molecule has 152 valence electrons. The predicted octanol–water partition coefficient (Wildman–Crippen LogP) is 3.78. The van der Waals surface area contributed by atoms with E-state index in [0.717, 1.165) is 24.7 Å². The molecule has 0 spiro atoms. The summed E-state index contributed by atoms with van der Waals surface area (Å²) in [5.74, 6) is -0.506. The van der Waals surface area contributed by atoms with E-state index in [1.54, 1.807) is 6.20 Å². The monoisotopic (exact) mass is 401 g/mol. The van der Waals surface area contributed by atoms with Crippen LogP contribution < -0.4 is 5.73 Å². The molecular weight excluding hydrogens is 380 g/mol. The van der Waals surface area contributed by atoms with Gasteiger partial charge in [0, 0.05) is 17.1 Å². The standard InChI is InChI=1S/C11H7F2N5.C9H14O2/c12-5-1-6-7(3-16-10(6)15-2-5)11-17-4-8(13)9(14)18-11;10-9(11)8-5-6-1-3-7(8)4-2-6/h1-4H,(H,15,16)(H2,14,17,18);6-8H,1-5H2,(H,10,11)/t;6?,7?,8-/m.1/s1. The molecule has 3 saturated carbocycles. The number of nitrogens with two attached hydrogens (primary N) is 1. The lowest BCUT2D eigenvalue weighted by Crippen LogP contribution is -2.35. The number of hydrogen-bond acceptors (Lipinski definition) is 5. The van der Waals surface area contributed by atoms with Crippen LogP contribution in [0.1, 0.15) is 32.1 Å². The van der Waals surface area contributed by atoms with Gasteiger partial charge >= 0.3 is 5.97 Å². The van der Waals surface area contributed by atoms with Crippen molar-refractivity contribution < 1.29 is 18.7 Å². The SMILES string of the molecule is Nc1nc(-c2c[nH]c3ncc(F)cc23)ncc1F.O=C(O)[C@@H]1CC2CCC1CC2. The van der Waals surface area contributed by atoms with Crippen molar-refractivity contribution in [1.29, 1.82) is 0 Å². The molecule has 0 aromatic carbocycles. The van der Waals surface area contributed by atoms with E-state index in [1.165, 1.54) is 31.7 Å². The van der Waals surface area contributed by atoms with Crippen LogP contribution in [0.15, 0.2) is 24.7 Å². The minimum atomic E-state index is -0.692. The van der Waals surface area contributed by atoms with Gasteiger partial charge in [-0.05, 0) is 37.2 Å². The quantitative estimate of drug-likeness (QED) is 0.601. The van der Waals surface area contributed by atoms with Gasteiger partial charge in [-0.1, -0.05) is 12.8 Å². The van der Waals surface area contributed by atoms with E-state index in [-0.39, 0.29) is 17.6 Å². The van der Waals surface area contributed by atoms with Crippen LogP contribution in [0.25, 0.3) is 22.4 Å². The van der Waals surface area contributed by atoms with Gasteiger partial charge in [-0.15, -0.1) is 0 Å². The molecule has 0 amide bonds. The molecule has 3 aliphatic carbocycles. The number of rotatable bonds is 2. The number of nitrogens with zero attached hydrogens (tertiary/aromatic N) is 3. The second kappa shape index (κ2) is 7.73. The number of halogens is 2. The number of carboxylic acids is 1. The Balaban J connectivity index is 0.000000159. The van der Waals surface area contributed by atoms with E-state index >= 15 is 0 Å². The largest absolute Gasteiger partial charge is 0.481 e. The van der Waals surface area contributed by atoms with Gasteiger partial charge in [0.05, 0.1) is 18.3 Å². The third kappa shape index (κ3) is 3.90. The normalized spacial score (nSPS) is 22.9. The molecule has 4 N–H and O–H groups in total. The number of fused-ring (bicyclic) bond motifs is 4. The number of aliphatic carboxylic acids is 1. The van der Waals surface area contributed by atoms with Gasteiger partial charge in [-0.2, -0.15) is 0 Å².